The summed E-state index contributed by atoms with van der Waals surface area (Å²) in [6.45, 7) is 0. The van der Waals surface area contributed by atoms with Gasteiger partial charge >= 0.3 is 0 Å². The van der Waals surface area contributed by atoms with Crippen LogP contribution in [0.5, 0.6) is 11.5 Å². The Bertz CT molecular complexity index is 422. The van der Waals surface area contributed by atoms with Crippen molar-refractivity contribution < 1.29 is 14.6 Å². The number of thiocarbonyl (C=S) groups is 1. The number of phenols is 1. The summed E-state index contributed by atoms with van der Waals surface area (Å²) >= 11 is 4.51. The van der Waals surface area contributed by atoms with Crippen molar-refractivity contribution in [3.8, 4) is 11.5 Å². The van der Waals surface area contributed by atoms with Gasteiger partial charge in [0.05, 0.1) is 12.7 Å². The Morgan fingerprint density at radius 1 is 1.50 bits per heavy atom. The number of hydrazine groups is 1. The average Bonchev–Trinajstić information content (AvgIpc) is 2.25. The SMILES string of the molecule is COc1ccc(C(=O)NNC(N)=S)c(O)c1. The van der Waals surface area contributed by atoms with Gasteiger partial charge in [-0.15, -0.1) is 0 Å². The van der Waals surface area contributed by atoms with E-state index in [9.17, 15) is 9.90 Å². The topological polar surface area (TPSA) is 96.6 Å². The lowest BCUT2D eigenvalue weighted by atomic mass is 10.2. The summed E-state index contributed by atoms with van der Waals surface area (Å²) in [6, 6.07) is 4.30. The van der Waals surface area contributed by atoms with Crippen LogP contribution in [0.1, 0.15) is 10.4 Å². The van der Waals surface area contributed by atoms with E-state index in [0.717, 1.165) is 0 Å². The Balaban J connectivity index is 2.79. The zero-order chi connectivity index (χ0) is 12.1. The number of nitrogens with one attached hydrogen (secondary N) is 2. The molecule has 0 aliphatic carbocycles. The lowest BCUT2D eigenvalue weighted by molar-refractivity contribution is 0.0941. The lowest BCUT2D eigenvalue weighted by Gasteiger charge is -2.08. The van der Waals surface area contributed by atoms with E-state index in [-0.39, 0.29) is 16.4 Å². The first kappa shape index (κ1) is 12.1. The van der Waals surface area contributed by atoms with Gasteiger partial charge in [-0.05, 0) is 24.4 Å². The third-order valence-electron chi connectivity index (χ3n) is 1.75. The molecule has 0 spiro atoms. The smallest absolute Gasteiger partial charge is 0.273 e. The Labute approximate surface area is 97.4 Å². The van der Waals surface area contributed by atoms with Gasteiger partial charge in [0.15, 0.2) is 5.11 Å². The summed E-state index contributed by atoms with van der Waals surface area (Å²) in [7, 11) is 1.46. The molecule has 0 aliphatic rings. The number of phenolic OH excluding ortho intramolecular Hbond substituents is 1. The summed E-state index contributed by atoms with van der Waals surface area (Å²) in [6.07, 6.45) is 0. The Morgan fingerprint density at radius 2 is 2.19 bits per heavy atom. The number of hydrogen-bond donors (Lipinski definition) is 4. The van der Waals surface area contributed by atoms with E-state index >= 15 is 0 Å². The van der Waals surface area contributed by atoms with Crippen molar-refractivity contribution >= 4 is 23.2 Å². The highest BCUT2D eigenvalue weighted by Crippen LogP contribution is 2.22. The third-order valence-corrected chi connectivity index (χ3v) is 1.85. The maximum absolute atomic E-state index is 11.5. The molecule has 6 nitrogen and oxygen atoms in total. The Hall–Kier alpha value is -2.02. The van der Waals surface area contributed by atoms with Crippen molar-refractivity contribution in [1.29, 1.82) is 0 Å². The number of hydrogen-bond acceptors (Lipinski definition) is 4. The van der Waals surface area contributed by atoms with Gasteiger partial charge in [0, 0.05) is 6.07 Å². The quantitative estimate of drug-likeness (QED) is 0.426. The number of amides is 1. The molecular weight excluding hydrogens is 230 g/mol. The van der Waals surface area contributed by atoms with E-state index in [4.69, 9.17) is 10.5 Å². The van der Waals surface area contributed by atoms with Crippen molar-refractivity contribution in [2.24, 2.45) is 5.73 Å². The van der Waals surface area contributed by atoms with Crippen LogP contribution >= 0.6 is 12.2 Å². The van der Waals surface area contributed by atoms with Crippen molar-refractivity contribution in [3.63, 3.8) is 0 Å². The summed E-state index contributed by atoms with van der Waals surface area (Å²) in [5.74, 6) is -0.286. The molecule has 0 aromatic heterocycles. The minimum Gasteiger partial charge on any atom is -0.507 e. The summed E-state index contributed by atoms with van der Waals surface area (Å²) < 4.78 is 4.88. The van der Waals surface area contributed by atoms with Crippen LogP contribution in [-0.4, -0.2) is 23.2 Å². The van der Waals surface area contributed by atoms with Crippen LogP contribution in [-0.2, 0) is 0 Å². The number of aromatic hydroxyl groups is 1. The molecule has 0 radical (unpaired) electrons. The van der Waals surface area contributed by atoms with Crippen molar-refractivity contribution in [2.75, 3.05) is 7.11 Å². The second-order valence-corrected chi connectivity index (χ2v) is 3.27. The normalized spacial score (nSPS) is 9.31. The van der Waals surface area contributed by atoms with Crippen LogP contribution < -0.4 is 21.3 Å². The van der Waals surface area contributed by atoms with Gasteiger partial charge in [-0.2, -0.15) is 0 Å². The fraction of sp³-hybridized carbons (Fsp3) is 0.111. The van der Waals surface area contributed by atoms with E-state index < -0.39 is 5.91 Å². The number of rotatable bonds is 2. The lowest BCUT2D eigenvalue weighted by Crippen LogP contribution is -2.44. The number of methoxy groups -OCH3 is 1. The second kappa shape index (κ2) is 5.17. The van der Waals surface area contributed by atoms with Crippen molar-refractivity contribution in [2.45, 2.75) is 0 Å². The molecule has 5 N–H and O–H groups in total. The number of carbonyl (C=O) groups is 1. The van der Waals surface area contributed by atoms with E-state index in [1.165, 1.54) is 19.2 Å². The van der Waals surface area contributed by atoms with E-state index in [0.29, 0.717) is 5.75 Å². The molecule has 1 aromatic carbocycles. The van der Waals surface area contributed by atoms with E-state index in [2.05, 4.69) is 23.1 Å². The maximum Gasteiger partial charge on any atom is 0.273 e. The summed E-state index contributed by atoms with van der Waals surface area (Å²) in [4.78, 5) is 11.5. The molecule has 0 aliphatic heterocycles. The molecule has 0 saturated carbocycles. The van der Waals surface area contributed by atoms with Gasteiger partial charge in [-0.25, -0.2) is 0 Å². The van der Waals surface area contributed by atoms with Gasteiger partial charge in [-0.3, -0.25) is 15.6 Å². The maximum atomic E-state index is 11.5. The Kier molecular flexibility index (Phi) is 3.90. The van der Waals surface area contributed by atoms with E-state index in [1.54, 1.807) is 6.07 Å². The van der Waals surface area contributed by atoms with Gasteiger partial charge in [0.25, 0.3) is 5.91 Å². The standard InChI is InChI=1S/C9H11N3O3S/c1-15-5-2-3-6(7(13)4-5)8(14)11-12-9(10)16/h2-4,13H,1H3,(H,11,14)(H3,10,12,16). The first-order valence-corrected chi connectivity index (χ1v) is 4.68. The van der Waals surface area contributed by atoms with Crippen LogP contribution in [0.2, 0.25) is 0 Å². The highest BCUT2D eigenvalue weighted by Gasteiger charge is 2.11. The first-order valence-electron chi connectivity index (χ1n) is 4.27. The van der Waals surface area contributed by atoms with Gasteiger partial charge < -0.3 is 15.6 Å². The molecule has 1 aromatic rings. The molecule has 0 unspecified atom stereocenters. The van der Waals surface area contributed by atoms with Crippen molar-refractivity contribution in [3.05, 3.63) is 23.8 Å². The molecule has 0 heterocycles. The van der Waals surface area contributed by atoms with Crippen LogP contribution in [0.4, 0.5) is 0 Å². The fourth-order valence-corrected chi connectivity index (χ4v) is 1.07. The van der Waals surface area contributed by atoms with Gasteiger partial charge in [0.1, 0.15) is 11.5 Å². The molecule has 86 valence electrons. The van der Waals surface area contributed by atoms with Gasteiger partial charge in [0.2, 0.25) is 0 Å². The molecule has 7 heteroatoms. The largest absolute Gasteiger partial charge is 0.507 e. The van der Waals surface area contributed by atoms with Crippen LogP contribution in [0, 0.1) is 0 Å². The van der Waals surface area contributed by atoms with Crippen LogP contribution in [0.3, 0.4) is 0 Å². The molecule has 1 rings (SSSR count). The molecule has 0 bridgehead atoms. The minimum absolute atomic E-state index is 0.0682. The number of carbonyl (C=O) groups excluding carboxylic acids is 1. The molecule has 0 atom stereocenters. The molecule has 0 fully saturated rings. The predicted molar refractivity (Wildman–Crippen MR) is 62.0 cm³/mol. The predicted octanol–water partition coefficient (Wildman–Crippen LogP) is -0.121. The summed E-state index contributed by atoms with van der Waals surface area (Å²) in [5.41, 5.74) is 9.70. The molecular formula is C9H11N3O3S. The molecule has 16 heavy (non-hydrogen) atoms. The highest BCUT2D eigenvalue weighted by atomic mass is 32.1. The summed E-state index contributed by atoms with van der Waals surface area (Å²) in [5, 5.41) is 9.46. The van der Waals surface area contributed by atoms with E-state index in [1.807, 2.05) is 0 Å². The number of ether oxygens (including phenoxy) is 1. The van der Waals surface area contributed by atoms with Crippen LogP contribution in [0.15, 0.2) is 18.2 Å². The molecule has 1 amide bonds. The zero-order valence-electron chi connectivity index (χ0n) is 8.48. The monoisotopic (exact) mass is 241 g/mol. The second-order valence-electron chi connectivity index (χ2n) is 2.83. The number of nitrogens with two attached hydrogens (primary N) is 1. The third kappa shape index (κ3) is 2.99. The average molecular weight is 241 g/mol. The Morgan fingerprint density at radius 3 is 2.69 bits per heavy atom. The number of benzene rings is 1. The first-order chi connectivity index (χ1) is 7.54. The van der Waals surface area contributed by atoms with Crippen LogP contribution in [0.25, 0.3) is 0 Å². The minimum atomic E-state index is -0.548. The fourth-order valence-electron chi connectivity index (χ4n) is 1.02. The van der Waals surface area contributed by atoms with Gasteiger partial charge in [-0.1, -0.05) is 0 Å². The highest BCUT2D eigenvalue weighted by molar-refractivity contribution is 7.80. The zero-order valence-corrected chi connectivity index (χ0v) is 9.30. The van der Waals surface area contributed by atoms with Crippen molar-refractivity contribution in [1.82, 2.24) is 10.9 Å². The molecule has 0 saturated heterocycles.